The van der Waals surface area contributed by atoms with Crippen molar-refractivity contribution < 1.29 is 0 Å². The largest absolute Gasteiger partial charge is 0.364 e. The Bertz CT molecular complexity index is 545. The summed E-state index contributed by atoms with van der Waals surface area (Å²) in [5, 5.41) is 10.3. The Labute approximate surface area is 97.4 Å². The standard InChI is InChI=1S/C10H13ClN4O/c1-6(2)8(11)5-7-3-4-9-12-13-10(16)15(9)14-7/h3-4,6,8H,5H2,1-2H3,(H,13,16). The number of hydrogen-bond acceptors (Lipinski definition) is 3. The van der Waals surface area contributed by atoms with Gasteiger partial charge in [-0.05, 0) is 18.1 Å². The first-order chi connectivity index (χ1) is 7.58. The molecule has 6 heteroatoms. The molecule has 0 amide bonds. The molecular weight excluding hydrogens is 228 g/mol. The molecule has 0 aliphatic carbocycles. The number of rotatable bonds is 3. The van der Waals surface area contributed by atoms with Gasteiger partial charge in [0, 0.05) is 11.8 Å². The number of fused-ring (bicyclic) bond motifs is 1. The van der Waals surface area contributed by atoms with E-state index in [1.807, 2.05) is 6.07 Å². The highest BCUT2D eigenvalue weighted by molar-refractivity contribution is 6.20. The Kier molecular flexibility index (Phi) is 2.96. The summed E-state index contributed by atoms with van der Waals surface area (Å²) in [6.07, 6.45) is 0.646. The molecule has 2 aromatic heterocycles. The quantitative estimate of drug-likeness (QED) is 0.821. The molecule has 0 aromatic carbocycles. The Morgan fingerprint density at radius 1 is 1.50 bits per heavy atom. The minimum absolute atomic E-state index is 0.0209. The number of alkyl halides is 1. The van der Waals surface area contributed by atoms with Crippen LogP contribution in [0.4, 0.5) is 0 Å². The number of hydrogen-bond donors (Lipinski definition) is 1. The summed E-state index contributed by atoms with van der Waals surface area (Å²) in [6.45, 7) is 4.11. The predicted octanol–water partition coefficient (Wildman–Crippen LogP) is 1.22. The van der Waals surface area contributed by atoms with Crippen LogP contribution in [-0.4, -0.2) is 25.2 Å². The van der Waals surface area contributed by atoms with Crippen LogP contribution in [0, 0.1) is 5.92 Å². The first kappa shape index (κ1) is 11.1. The van der Waals surface area contributed by atoms with Gasteiger partial charge >= 0.3 is 5.69 Å². The van der Waals surface area contributed by atoms with Crippen LogP contribution < -0.4 is 5.69 Å². The lowest BCUT2D eigenvalue weighted by atomic mass is 10.1. The molecule has 0 aliphatic heterocycles. The third-order valence-corrected chi connectivity index (χ3v) is 3.11. The van der Waals surface area contributed by atoms with E-state index in [1.165, 1.54) is 4.52 Å². The average molecular weight is 241 g/mol. The first-order valence-corrected chi connectivity index (χ1v) is 5.59. The Balaban J connectivity index is 2.32. The highest BCUT2D eigenvalue weighted by Crippen LogP contribution is 2.14. The van der Waals surface area contributed by atoms with E-state index in [9.17, 15) is 4.79 Å². The summed E-state index contributed by atoms with van der Waals surface area (Å²) in [5.41, 5.74) is 0.988. The SMILES string of the molecule is CC(C)C(Cl)Cc1ccc2n[nH]c(=O)n2n1. The fourth-order valence-corrected chi connectivity index (χ4v) is 1.54. The maximum atomic E-state index is 11.3. The molecule has 2 rings (SSSR count). The molecule has 16 heavy (non-hydrogen) atoms. The van der Waals surface area contributed by atoms with Crippen molar-refractivity contribution in [3.8, 4) is 0 Å². The van der Waals surface area contributed by atoms with Gasteiger partial charge in [-0.25, -0.2) is 9.89 Å². The van der Waals surface area contributed by atoms with Crippen molar-refractivity contribution in [2.45, 2.75) is 25.6 Å². The van der Waals surface area contributed by atoms with Crippen LogP contribution in [0.5, 0.6) is 0 Å². The summed E-state index contributed by atoms with van der Waals surface area (Å²) in [7, 11) is 0. The van der Waals surface area contributed by atoms with Gasteiger partial charge in [-0.1, -0.05) is 13.8 Å². The van der Waals surface area contributed by atoms with Crippen molar-refractivity contribution >= 4 is 17.2 Å². The molecule has 1 unspecified atom stereocenters. The molecule has 0 spiro atoms. The van der Waals surface area contributed by atoms with Gasteiger partial charge in [0.05, 0.1) is 5.69 Å². The molecule has 0 saturated heterocycles. The summed E-state index contributed by atoms with van der Waals surface area (Å²) >= 11 is 6.16. The van der Waals surface area contributed by atoms with Gasteiger partial charge in [-0.2, -0.15) is 14.7 Å². The fraction of sp³-hybridized carbons (Fsp3) is 0.500. The second-order valence-corrected chi connectivity index (χ2v) is 4.65. The van der Waals surface area contributed by atoms with E-state index in [0.717, 1.165) is 5.69 Å². The maximum absolute atomic E-state index is 11.3. The molecule has 0 radical (unpaired) electrons. The monoisotopic (exact) mass is 240 g/mol. The number of aromatic nitrogens is 4. The lowest BCUT2D eigenvalue weighted by Gasteiger charge is -2.11. The van der Waals surface area contributed by atoms with Crippen molar-refractivity contribution in [2.24, 2.45) is 5.92 Å². The Morgan fingerprint density at radius 2 is 2.25 bits per heavy atom. The molecule has 2 aromatic rings. The van der Waals surface area contributed by atoms with Crippen LogP contribution in [0.1, 0.15) is 19.5 Å². The highest BCUT2D eigenvalue weighted by atomic mass is 35.5. The van der Waals surface area contributed by atoms with Crippen LogP contribution in [-0.2, 0) is 6.42 Å². The van der Waals surface area contributed by atoms with Crippen LogP contribution in [0.25, 0.3) is 5.65 Å². The van der Waals surface area contributed by atoms with E-state index in [1.54, 1.807) is 6.07 Å². The lowest BCUT2D eigenvalue weighted by molar-refractivity contribution is 0.585. The van der Waals surface area contributed by atoms with E-state index in [4.69, 9.17) is 11.6 Å². The lowest BCUT2D eigenvalue weighted by Crippen LogP contribution is -2.17. The highest BCUT2D eigenvalue weighted by Gasteiger charge is 2.12. The molecular formula is C10H13ClN4O. The Morgan fingerprint density at radius 3 is 2.94 bits per heavy atom. The van der Waals surface area contributed by atoms with E-state index in [2.05, 4.69) is 29.1 Å². The summed E-state index contributed by atoms with van der Waals surface area (Å²) in [4.78, 5) is 11.3. The minimum Gasteiger partial charge on any atom is -0.244 e. The van der Waals surface area contributed by atoms with Crippen molar-refractivity contribution in [3.05, 3.63) is 28.3 Å². The zero-order valence-corrected chi connectivity index (χ0v) is 9.90. The number of H-pyrrole nitrogens is 1. The molecule has 0 saturated carbocycles. The van der Waals surface area contributed by atoms with Gasteiger partial charge in [0.2, 0.25) is 0 Å². The van der Waals surface area contributed by atoms with Gasteiger partial charge in [-0.3, -0.25) is 0 Å². The predicted molar refractivity (Wildman–Crippen MR) is 61.8 cm³/mol. The van der Waals surface area contributed by atoms with Gasteiger partial charge < -0.3 is 0 Å². The normalized spacial score (nSPS) is 13.5. The molecule has 1 atom stereocenters. The van der Waals surface area contributed by atoms with Crippen LogP contribution in [0.15, 0.2) is 16.9 Å². The number of nitrogens with one attached hydrogen (secondary N) is 1. The third-order valence-electron chi connectivity index (χ3n) is 2.46. The summed E-state index contributed by atoms with van der Waals surface area (Å²) in [6, 6.07) is 3.59. The number of halogens is 1. The second kappa shape index (κ2) is 4.25. The van der Waals surface area contributed by atoms with Crippen LogP contribution >= 0.6 is 11.6 Å². The van der Waals surface area contributed by atoms with Crippen LogP contribution in [0.2, 0.25) is 0 Å². The second-order valence-electron chi connectivity index (χ2n) is 4.09. The summed E-state index contributed by atoms with van der Waals surface area (Å²) in [5.74, 6) is 0.375. The third kappa shape index (κ3) is 2.09. The van der Waals surface area contributed by atoms with E-state index in [0.29, 0.717) is 18.0 Å². The van der Waals surface area contributed by atoms with Gasteiger partial charge in [0.25, 0.3) is 0 Å². The minimum atomic E-state index is -0.326. The molecule has 5 nitrogen and oxygen atoms in total. The smallest absolute Gasteiger partial charge is 0.244 e. The maximum Gasteiger partial charge on any atom is 0.364 e. The molecule has 0 bridgehead atoms. The van der Waals surface area contributed by atoms with E-state index >= 15 is 0 Å². The average Bonchev–Trinajstić information content (AvgIpc) is 2.60. The summed E-state index contributed by atoms with van der Waals surface area (Å²) < 4.78 is 1.25. The zero-order chi connectivity index (χ0) is 11.7. The van der Waals surface area contributed by atoms with E-state index < -0.39 is 0 Å². The van der Waals surface area contributed by atoms with Crippen LogP contribution in [0.3, 0.4) is 0 Å². The molecule has 1 N–H and O–H groups in total. The first-order valence-electron chi connectivity index (χ1n) is 5.15. The Hall–Kier alpha value is -1.36. The van der Waals surface area contributed by atoms with Gasteiger partial charge in [-0.15, -0.1) is 11.6 Å². The van der Waals surface area contributed by atoms with Gasteiger partial charge in [0.15, 0.2) is 5.65 Å². The number of aromatic amines is 1. The topological polar surface area (TPSA) is 63.0 Å². The molecule has 86 valence electrons. The molecule has 0 aliphatic rings. The van der Waals surface area contributed by atoms with Crippen molar-refractivity contribution in [3.63, 3.8) is 0 Å². The van der Waals surface area contributed by atoms with E-state index in [-0.39, 0.29) is 11.1 Å². The van der Waals surface area contributed by atoms with Crippen molar-refractivity contribution in [2.75, 3.05) is 0 Å². The van der Waals surface area contributed by atoms with Gasteiger partial charge in [0.1, 0.15) is 0 Å². The fourth-order valence-electron chi connectivity index (χ4n) is 1.39. The molecule has 2 heterocycles. The zero-order valence-electron chi connectivity index (χ0n) is 9.14. The molecule has 0 fully saturated rings. The van der Waals surface area contributed by atoms with Crippen molar-refractivity contribution in [1.82, 2.24) is 19.8 Å². The van der Waals surface area contributed by atoms with Crippen molar-refractivity contribution in [1.29, 1.82) is 0 Å². The number of nitrogens with zero attached hydrogens (tertiary/aromatic N) is 3.